The van der Waals surface area contributed by atoms with Gasteiger partial charge >= 0.3 is 11.9 Å². The van der Waals surface area contributed by atoms with Crippen LogP contribution in [0.3, 0.4) is 0 Å². The lowest BCUT2D eigenvalue weighted by atomic mass is 9.94. The van der Waals surface area contributed by atoms with E-state index >= 15 is 0 Å². The van der Waals surface area contributed by atoms with Gasteiger partial charge in [0.25, 0.3) is 0 Å². The van der Waals surface area contributed by atoms with Crippen LogP contribution in [0.1, 0.15) is 148 Å². The number of esters is 2. The van der Waals surface area contributed by atoms with E-state index in [1.54, 1.807) is 0 Å². The summed E-state index contributed by atoms with van der Waals surface area (Å²) in [6, 6.07) is 6.69. The third-order valence-electron chi connectivity index (χ3n) is 8.36. The third kappa shape index (κ3) is 10.4. The Balaban J connectivity index is 1.50. The van der Waals surface area contributed by atoms with Crippen molar-refractivity contribution in [2.75, 3.05) is 13.2 Å². The predicted molar refractivity (Wildman–Crippen MR) is 159 cm³/mol. The highest BCUT2D eigenvalue weighted by atomic mass is 16.5. The predicted octanol–water partition coefficient (Wildman–Crippen LogP) is 7.56. The van der Waals surface area contributed by atoms with Crippen molar-refractivity contribution in [1.82, 2.24) is 0 Å². The molecule has 0 radical (unpaired) electrons. The normalized spacial score (nSPS) is 22.1. The molecule has 0 amide bonds. The van der Waals surface area contributed by atoms with Gasteiger partial charge in [-0.1, -0.05) is 52.4 Å². The highest BCUT2D eigenvalue weighted by Gasteiger charge is 2.30. The van der Waals surface area contributed by atoms with E-state index in [0.29, 0.717) is 25.7 Å². The van der Waals surface area contributed by atoms with E-state index < -0.39 is 11.9 Å². The van der Waals surface area contributed by atoms with Crippen LogP contribution in [0.2, 0.25) is 0 Å². The molecule has 0 spiro atoms. The molecule has 8 heteroatoms. The van der Waals surface area contributed by atoms with Crippen molar-refractivity contribution in [2.45, 2.75) is 141 Å². The maximum atomic E-state index is 13.0. The Labute approximate surface area is 251 Å². The molecule has 0 unspecified atom stereocenters. The Morgan fingerprint density at radius 3 is 1.31 bits per heavy atom. The first-order valence-corrected chi connectivity index (χ1v) is 16.1. The van der Waals surface area contributed by atoms with E-state index in [1.807, 2.05) is 12.1 Å². The molecule has 8 nitrogen and oxygen atoms in total. The first kappa shape index (κ1) is 33.6. The second-order valence-corrected chi connectivity index (χ2v) is 11.6. The summed E-state index contributed by atoms with van der Waals surface area (Å²) < 4.78 is 23.4. The number of nitrogens with zero attached hydrogens (tertiary/aromatic N) is 2. The van der Waals surface area contributed by atoms with Gasteiger partial charge < -0.3 is 18.9 Å². The Kier molecular flexibility index (Phi) is 14.8. The van der Waals surface area contributed by atoms with Gasteiger partial charge in [0, 0.05) is 13.2 Å². The van der Waals surface area contributed by atoms with Crippen molar-refractivity contribution in [3.8, 4) is 12.1 Å². The van der Waals surface area contributed by atoms with Gasteiger partial charge in [-0.3, -0.25) is 0 Å². The minimum Gasteiger partial charge on any atom is -0.459 e. The molecule has 0 saturated heterocycles. The number of ether oxygens (including phenoxy) is 4. The molecule has 0 aromatic heterocycles. The first-order chi connectivity index (χ1) is 20.5. The van der Waals surface area contributed by atoms with Crippen LogP contribution in [0, 0.1) is 22.7 Å². The number of unbranched alkanes of at least 4 members (excludes halogenated alkanes) is 6. The number of hydrogen-bond donors (Lipinski definition) is 0. The number of carbonyl (C=O) groups excluding carboxylic acids is 2. The molecule has 0 aliphatic heterocycles. The largest absolute Gasteiger partial charge is 0.459 e. The minimum atomic E-state index is -0.653. The fourth-order valence-corrected chi connectivity index (χ4v) is 5.80. The van der Waals surface area contributed by atoms with Gasteiger partial charge in [-0.15, -0.1) is 0 Å². The standard InChI is InChI=1S/C34H48N2O6/c1-3-5-7-9-21-39-25-11-15-27(16-12-25)41-33(37)29-19-20-30(32(24-36)31(29)23-35)34(38)42-28-17-13-26(14-18-28)40-22-10-8-6-4-2/h19-20,25-28H,3-18,21-22H2,1-2H3. The van der Waals surface area contributed by atoms with E-state index in [0.717, 1.165) is 51.7 Å². The Morgan fingerprint density at radius 1 is 0.619 bits per heavy atom. The zero-order valence-corrected chi connectivity index (χ0v) is 25.5. The second-order valence-electron chi connectivity index (χ2n) is 11.6. The van der Waals surface area contributed by atoms with E-state index in [4.69, 9.17) is 18.9 Å². The van der Waals surface area contributed by atoms with Crippen LogP contribution in [-0.4, -0.2) is 49.6 Å². The van der Waals surface area contributed by atoms with E-state index in [9.17, 15) is 20.1 Å². The van der Waals surface area contributed by atoms with Crippen LogP contribution in [0.5, 0.6) is 0 Å². The summed E-state index contributed by atoms with van der Waals surface area (Å²) in [6.07, 6.45) is 15.2. The van der Waals surface area contributed by atoms with E-state index in [2.05, 4.69) is 13.8 Å². The van der Waals surface area contributed by atoms with Crippen molar-refractivity contribution in [3.05, 3.63) is 34.4 Å². The molecule has 2 aliphatic carbocycles. The molecule has 2 aliphatic rings. The van der Waals surface area contributed by atoms with Crippen LogP contribution in [-0.2, 0) is 18.9 Å². The summed E-state index contributed by atoms with van der Waals surface area (Å²) in [5.41, 5.74) is -0.310. The molecule has 2 saturated carbocycles. The van der Waals surface area contributed by atoms with Crippen molar-refractivity contribution >= 4 is 11.9 Å². The fourth-order valence-electron chi connectivity index (χ4n) is 5.80. The number of rotatable bonds is 16. The van der Waals surface area contributed by atoms with Gasteiger partial charge in [0.05, 0.1) is 34.5 Å². The van der Waals surface area contributed by atoms with Gasteiger partial charge in [-0.2, -0.15) is 10.5 Å². The highest BCUT2D eigenvalue weighted by molar-refractivity contribution is 5.98. The quantitative estimate of drug-likeness (QED) is 0.145. The smallest absolute Gasteiger partial charge is 0.339 e. The van der Waals surface area contributed by atoms with Crippen molar-refractivity contribution in [3.63, 3.8) is 0 Å². The van der Waals surface area contributed by atoms with Crippen LogP contribution < -0.4 is 0 Å². The zero-order chi connectivity index (χ0) is 30.2. The SMILES string of the molecule is CCCCCCOC1CCC(OC(=O)c2ccc(C(=O)OC3CCC(OCCCCCC)CC3)c(C#N)c2C#N)CC1. The van der Waals surface area contributed by atoms with Gasteiger partial charge in [0.1, 0.15) is 24.3 Å². The molecule has 0 heterocycles. The molecule has 42 heavy (non-hydrogen) atoms. The summed E-state index contributed by atoms with van der Waals surface area (Å²) in [4.78, 5) is 26.1. The second kappa shape index (κ2) is 18.6. The van der Waals surface area contributed by atoms with Crippen LogP contribution in [0.15, 0.2) is 12.1 Å². The molecule has 230 valence electrons. The molecule has 3 rings (SSSR count). The lowest BCUT2D eigenvalue weighted by Crippen LogP contribution is -2.29. The topological polar surface area (TPSA) is 119 Å². The highest BCUT2D eigenvalue weighted by Crippen LogP contribution is 2.28. The molecule has 1 aromatic carbocycles. The maximum Gasteiger partial charge on any atom is 0.339 e. The van der Waals surface area contributed by atoms with Gasteiger partial charge in [-0.25, -0.2) is 9.59 Å². The Hall–Kier alpha value is -2.94. The van der Waals surface area contributed by atoms with E-state index in [-0.39, 0.29) is 46.7 Å². The number of benzene rings is 1. The molecular weight excluding hydrogens is 532 g/mol. The molecular formula is C34H48N2O6. The Morgan fingerprint density at radius 2 is 0.976 bits per heavy atom. The summed E-state index contributed by atoms with van der Waals surface area (Å²) in [6.45, 7) is 5.90. The third-order valence-corrected chi connectivity index (χ3v) is 8.36. The van der Waals surface area contributed by atoms with E-state index in [1.165, 1.54) is 50.7 Å². The Bertz CT molecular complexity index is 990. The fraction of sp³-hybridized carbons (Fsp3) is 0.706. The molecule has 0 bridgehead atoms. The average Bonchev–Trinajstić information content (AvgIpc) is 3.01. The van der Waals surface area contributed by atoms with Crippen LogP contribution >= 0.6 is 0 Å². The number of hydrogen-bond acceptors (Lipinski definition) is 8. The minimum absolute atomic E-state index is 0.00325. The van der Waals surface area contributed by atoms with Crippen molar-refractivity contribution < 1.29 is 28.5 Å². The van der Waals surface area contributed by atoms with Gasteiger partial charge in [0.15, 0.2) is 0 Å². The van der Waals surface area contributed by atoms with Crippen LogP contribution in [0.4, 0.5) is 0 Å². The number of carbonyl (C=O) groups is 2. The lowest BCUT2D eigenvalue weighted by Gasteiger charge is -2.29. The van der Waals surface area contributed by atoms with Crippen LogP contribution in [0.25, 0.3) is 0 Å². The summed E-state index contributed by atoms with van der Waals surface area (Å²) in [5, 5.41) is 19.7. The lowest BCUT2D eigenvalue weighted by molar-refractivity contribution is -0.0208. The molecule has 0 atom stereocenters. The van der Waals surface area contributed by atoms with Gasteiger partial charge in [0.2, 0.25) is 0 Å². The molecule has 0 N–H and O–H groups in total. The zero-order valence-electron chi connectivity index (χ0n) is 25.5. The summed E-state index contributed by atoms with van der Waals surface area (Å²) in [5.74, 6) is -1.31. The van der Waals surface area contributed by atoms with Crippen molar-refractivity contribution in [2.24, 2.45) is 0 Å². The van der Waals surface area contributed by atoms with Crippen molar-refractivity contribution in [1.29, 1.82) is 10.5 Å². The average molecular weight is 581 g/mol. The summed E-state index contributed by atoms with van der Waals surface area (Å²) in [7, 11) is 0. The summed E-state index contributed by atoms with van der Waals surface area (Å²) >= 11 is 0. The monoisotopic (exact) mass is 580 g/mol. The maximum absolute atomic E-state index is 13.0. The first-order valence-electron chi connectivity index (χ1n) is 16.1. The molecule has 1 aromatic rings. The molecule has 2 fully saturated rings. The number of nitriles is 2. The van der Waals surface area contributed by atoms with Gasteiger partial charge in [-0.05, 0) is 76.3 Å².